The van der Waals surface area contributed by atoms with Crippen molar-refractivity contribution in [1.29, 1.82) is 0 Å². The number of ether oxygens (including phenoxy) is 2. The summed E-state index contributed by atoms with van der Waals surface area (Å²) >= 11 is 0. The van der Waals surface area contributed by atoms with Crippen molar-refractivity contribution in [3.8, 4) is 11.8 Å². The normalized spacial score (nSPS) is 16.8. The first kappa shape index (κ1) is 24.2. The third-order valence-corrected chi connectivity index (χ3v) is 6.48. The monoisotopic (exact) mass is 496 g/mol. The van der Waals surface area contributed by atoms with Gasteiger partial charge in [0.15, 0.2) is 5.65 Å². The van der Waals surface area contributed by atoms with Crippen LogP contribution in [0.15, 0.2) is 12.3 Å². The van der Waals surface area contributed by atoms with Gasteiger partial charge in [-0.1, -0.05) is 0 Å². The zero-order chi connectivity index (χ0) is 25.3. The van der Waals surface area contributed by atoms with Crippen LogP contribution in [0.25, 0.3) is 11.0 Å². The molecule has 12 heteroatoms. The van der Waals surface area contributed by atoms with Gasteiger partial charge in [-0.3, -0.25) is 9.89 Å². The van der Waals surface area contributed by atoms with Crippen LogP contribution in [0.1, 0.15) is 61.8 Å². The highest BCUT2D eigenvalue weighted by Crippen LogP contribution is 2.36. The highest BCUT2D eigenvalue weighted by atomic mass is 16.5. The van der Waals surface area contributed by atoms with Crippen molar-refractivity contribution in [2.75, 3.05) is 38.3 Å². The summed E-state index contributed by atoms with van der Waals surface area (Å²) in [4.78, 5) is 32.3. The van der Waals surface area contributed by atoms with Crippen molar-refractivity contribution in [2.24, 2.45) is 5.92 Å². The first-order valence-electron chi connectivity index (χ1n) is 12.3. The second kappa shape index (κ2) is 9.84. The molecule has 1 amide bonds. The number of hydrogen-bond acceptors (Lipinski definition) is 10. The molecule has 0 radical (unpaired) electrons. The van der Waals surface area contributed by atoms with E-state index in [1.165, 1.54) is 0 Å². The number of carbonyl (C=O) groups is 1. The lowest BCUT2D eigenvalue weighted by Gasteiger charge is -2.31. The number of anilines is 1. The number of pyridine rings is 1. The molecular weight excluding hydrogens is 464 g/mol. The van der Waals surface area contributed by atoms with Crippen molar-refractivity contribution < 1.29 is 19.4 Å². The van der Waals surface area contributed by atoms with Gasteiger partial charge < -0.3 is 24.8 Å². The standard InChI is InChI=1S/C24H32N8O4/c1-24(2,34)13-26-21(33)20-27-22(29-23(28-20)36-12-14-4-5-14)32-10-7-15(8-11-32)18-17-16(35-3)6-9-25-19(17)31-30-18/h6,9,14-15,34H,4-5,7-8,10-13H2,1-3H3,(H,26,33)(H,25,30,31). The fourth-order valence-corrected chi connectivity index (χ4v) is 4.28. The average Bonchev–Trinajstić information content (AvgIpc) is 3.61. The van der Waals surface area contributed by atoms with E-state index in [0.717, 1.165) is 42.5 Å². The van der Waals surface area contributed by atoms with E-state index < -0.39 is 11.5 Å². The van der Waals surface area contributed by atoms with E-state index in [-0.39, 0.29) is 24.3 Å². The first-order valence-corrected chi connectivity index (χ1v) is 12.3. The molecule has 0 spiro atoms. The van der Waals surface area contributed by atoms with E-state index in [1.807, 2.05) is 11.0 Å². The Morgan fingerprint density at radius 2 is 2.00 bits per heavy atom. The smallest absolute Gasteiger partial charge is 0.321 e. The van der Waals surface area contributed by atoms with Gasteiger partial charge in [0.2, 0.25) is 11.8 Å². The van der Waals surface area contributed by atoms with Crippen LogP contribution in [-0.2, 0) is 0 Å². The van der Waals surface area contributed by atoms with Gasteiger partial charge in [-0.2, -0.15) is 20.1 Å². The van der Waals surface area contributed by atoms with Gasteiger partial charge >= 0.3 is 6.01 Å². The van der Waals surface area contributed by atoms with Crippen molar-refractivity contribution in [3.05, 3.63) is 23.8 Å². The SMILES string of the molecule is COc1ccnc2n[nH]c(C3CCN(c4nc(OCC5CC5)nc(C(=O)NCC(C)(C)O)n4)CC3)c12. The lowest BCUT2D eigenvalue weighted by atomic mass is 9.92. The van der Waals surface area contributed by atoms with Gasteiger partial charge in [0, 0.05) is 31.7 Å². The van der Waals surface area contributed by atoms with Crippen LogP contribution < -0.4 is 19.7 Å². The summed E-state index contributed by atoms with van der Waals surface area (Å²) in [6.07, 6.45) is 5.62. The molecule has 1 saturated carbocycles. The Hall–Kier alpha value is -3.54. The van der Waals surface area contributed by atoms with Gasteiger partial charge in [0.25, 0.3) is 5.91 Å². The largest absolute Gasteiger partial charge is 0.496 e. The molecule has 2 fully saturated rings. The summed E-state index contributed by atoms with van der Waals surface area (Å²) in [6, 6.07) is 1.99. The molecule has 1 aliphatic heterocycles. The summed E-state index contributed by atoms with van der Waals surface area (Å²) in [6.45, 7) is 5.21. The molecule has 3 N–H and O–H groups in total. The number of amides is 1. The van der Waals surface area contributed by atoms with E-state index >= 15 is 0 Å². The minimum absolute atomic E-state index is 0.0208. The second-order valence-corrected chi connectivity index (χ2v) is 10.1. The molecule has 12 nitrogen and oxygen atoms in total. The number of aromatic amines is 1. The van der Waals surface area contributed by atoms with Crippen molar-refractivity contribution in [3.63, 3.8) is 0 Å². The minimum atomic E-state index is -1.05. The van der Waals surface area contributed by atoms with Crippen LogP contribution >= 0.6 is 0 Å². The molecule has 2 aliphatic rings. The van der Waals surface area contributed by atoms with Crippen LogP contribution in [0, 0.1) is 5.92 Å². The number of hydrogen-bond donors (Lipinski definition) is 3. The van der Waals surface area contributed by atoms with E-state index in [0.29, 0.717) is 37.2 Å². The number of aromatic nitrogens is 6. The maximum absolute atomic E-state index is 12.7. The highest BCUT2D eigenvalue weighted by molar-refractivity contribution is 5.90. The van der Waals surface area contributed by atoms with Crippen LogP contribution in [0.5, 0.6) is 11.8 Å². The fourth-order valence-electron chi connectivity index (χ4n) is 4.28. The zero-order valence-electron chi connectivity index (χ0n) is 20.8. The first-order chi connectivity index (χ1) is 17.3. The van der Waals surface area contributed by atoms with Gasteiger partial charge in [0.1, 0.15) is 5.75 Å². The topological polar surface area (TPSA) is 151 Å². The maximum Gasteiger partial charge on any atom is 0.321 e. The minimum Gasteiger partial charge on any atom is -0.496 e. The molecule has 0 unspecified atom stereocenters. The average molecular weight is 497 g/mol. The number of nitrogens with zero attached hydrogens (tertiary/aromatic N) is 6. The third kappa shape index (κ3) is 5.48. The van der Waals surface area contributed by atoms with Crippen molar-refractivity contribution >= 4 is 22.9 Å². The second-order valence-electron chi connectivity index (χ2n) is 10.1. The maximum atomic E-state index is 12.7. The quantitative estimate of drug-likeness (QED) is 0.400. The lowest BCUT2D eigenvalue weighted by Crippen LogP contribution is -2.39. The zero-order valence-corrected chi connectivity index (χ0v) is 20.8. The van der Waals surface area contributed by atoms with E-state index in [4.69, 9.17) is 9.47 Å². The molecule has 0 atom stereocenters. The fraction of sp³-hybridized carbons (Fsp3) is 0.583. The summed E-state index contributed by atoms with van der Waals surface area (Å²) in [5.74, 6) is 1.43. The number of carbonyl (C=O) groups excluding carboxylic acids is 1. The number of methoxy groups -OCH3 is 1. The predicted molar refractivity (Wildman–Crippen MR) is 131 cm³/mol. The van der Waals surface area contributed by atoms with Gasteiger partial charge in [0.05, 0.1) is 30.4 Å². The predicted octanol–water partition coefficient (Wildman–Crippen LogP) is 1.82. The highest BCUT2D eigenvalue weighted by Gasteiger charge is 2.29. The Morgan fingerprint density at radius 1 is 1.22 bits per heavy atom. The van der Waals surface area contributed by atoms with Crippen molar-refractivity contribution in [2.45, 2.75) is 51.0 Å². The van der Waals surface area contributed by atoms with Crippen LogP contribution in [-0.4, -0.2) is 80.1 Å². The lowest BCUT2D eigenvalue weighted by molar-refractivity contribution is 0.0688. The molecule has 36 heavy (non-hydrogen) atoms. The molecule has 192 valence electrons. The Bertz CT molecular complexity index is 1230. The van der Waals surface area contributed by atoms with Crippen LogP contribution in [0.2, 0.25) is 0 Å². The molecule has 4 heterocycles. The molecule has 0 bridgehead atoms. The Kier molecular flexibility index (Phi) is 6.61. The van der Waals surface area contributed by atoms with Gasteiger partial charge in [-0.25, -0.2) is 4.98 Å². The van der Waals surface area contributed by atoms with Gasteiger partial charge in [-0.15, -0.1) is 0 Å². The van der Waals surface area contributed by atoms with Crippen LogP contribution in [0.4, 0.5) is 5.95 Å². The van der Waals surface area contributed by atoms with E-state index in [2.05, 4.69) is 35.5 Å². The summed E-state index contributed by atoms with van der Waals surface area (Å²) in [5.41, 5.74) is 0.613. The summed E-state index contributed by atoms with van der Waals surface area (Å²) in [5, 5.41) is 21.1. The number of H-pyrrole nitrogens is 1. The summed E-state index contributed by atoms with van der Waals surface area (Å²) < 4.78 is 11.3. The Morgan fingerprint density at radius 3 is 2.69 bits per heavy atom. The Labute approximate surface area is 208 Å². The van der Waals surface area contributed by atoms with Gasteiger partial charge in [-0.05, 0) is 51.5 Å². The number of fused-ring (bicyclic) bond motifs is 1. The van der Waals surface area contributed by atoms with E-state index in [1.54, 1.807) is 27.2 Å². The molecule has 0 aromatic carbocycles. The number of nitrogens with one attached hydrogen (secondary N) is 2. The molecule has 1 saturated heterocycles. The molecule has 1 aliphatic carbocycles. The third-order valence-electron chi connectivity index (χ3n) is 6.48. The van der Waals surface area contributed by atoms with Crippen molar-refractivity contribution in [1.82, 2.24) is 35.5 Å². The number of aliphatic hydroxyl groups is 1. The molecule has 5 rings (SSSR count). The number of rotatable bonds is 9. The van der Waals surface area contributed by atoms with E-state index in [9.17, 15) is 9.90 Å². The number of piperidine rings is 1. The Balaban J connectivity index is 1.33. The van der Waals surface area contributed by atoms with Crippen LogP contribution in [0.3, 0.4) is 0 Å². The molecule has 3 aromatic heterocycles. The summed E-state index contributed by atoms with van der Waals surface area (Å²) in [7, 11) is 1.65. The molecular formula is C24H32N8O4. The molecule has 3 aromatic rings.